The zero-order chi connectivity index (χ0) is 78.7. The van der Waals surface area contributed by atoms with Gasteiger partial charge < -0.3 is 47.9 Å². The molecule has 0 atom stereocenters. The summed E-state index contributed by atoms with van der Waals surface area (Å²) in [5.74, 6) is 1.16. The van der Waals surface area contributed by atoms with Crippen molar-refractivity contribution in [2.75, 3.05) is 5.73 Å². The van der Waals surface area contributed by atoms with Crippen LogP contribution in [0.2, 0.25) is 0 Å². The number of nitrogens with two attached hydrogens (primary N) is 1. The fraction of sp³-hybridized carbons (Fsp3) is 0.179. The maximum Gasteiger partial charge on any atom is 0.500 e. The molecule has 0 spiro atoms. The van der Waals surface area contributed by atoms with Crippen molar-refractivity contribution in [2.24, 2.45) is 0 Å². The van der Waals surface area contributed by atoms with Crippen molar-refractivity contribution in [3.63, 3.8) is 0 Å². The molecule has 8 heterocycles. The van der Waals surface area contributed by atoms with Crippen LogP contribution < -0.4 is 27.4 Å². The quantitative estimate of drug-likeness (QED) is 0.0186. The van der Waals surface area contributed by atoms with E-state index in [1.165, 1.54) is 45.6 Å². The monoisotopic (exact) mass is 1790 g/mol. The van der Waals surface area contributed by atoms with Crippen LogP contribution in [0, 0.1) is 37.8 Å². The summed E-state index contributed by atoms with van der Waals surface area (Å²) < 4.78 is 47.2. The molecule has 31 heteroatoms. The molecule has 0 amide bonds. The first-order valence-corrected chi connectivity index (χ1v) is 37.5. The predicted molar refractivity (Wildman–Crippen MR) is 432 cm³/mol. The number of nitro benzene ring substituents is 1. The van der Waals surface area contributed by atoms with E-state index in [4.69, 9.17) is 47.9 Å². The second kappa shape index (κ2) is 38.0. The Hall–Kier alpha value is -10.5. The molecule has 2 aliphatic rings. The van der Waals surface area contributed by atoms with E-state index >= 15 is 0 Å². The number of phenolic OH excluding ortho intramolecular Hbond substituents is 2. The fourth-order valence-electron chi connectivity index (χ4n) is 10.5. The number of rotatable bonds is 8. The number of phenols is 2. The van der Waals surface area contributed by atoms with E-state index in [1.807, 2.05) is 177 Å². The molecule has 0 saturated carbocycles. The topological polar surface area (TPSA) is 329 Å². The van der Waals surface area contributed by atoms with Crippen LogP contribution in [0.4, 0.5) is 16.2 Å². The van der Waals surface area contributed by atoms with Crippen LogP contribution in [0.3, 0.4) is 0 Å². The number of anilines is 1. The molecule has 4 N–H and O–H groups in total. The smallest absolute Gasteiger partial charge is 0.500 e. The van der Waals surface area contributed by atoms with Gasteiger partial charge in [0.2, 0.25) is 0 Å². The normalized spacial score (nSPS) is 12.6. The first-order valence-electron chi connectivity index (χ1n) is 33.2. The summed E-state index contributed by atoms with van der Waals surface area (Å²) in [5, 5.41) is 36.9. The van der Waals surface area contributed by atoms with Gasteiger partial charge in [-0.05, 0) is 157 Å². The van der Waals surface area contributed by atoms with Crippen LogP contribution in [-0.2, 0) is 38.9 Å². The average Bonchev–Trinajstić information content (AvgIpc) is 1.63. The summed E-state index contributed by atoms with van der Waals surface area (Å²) in [5.41, 5.74) is 16.4. The number of benzene rings is 8. The van der Waals surface area contributed by atoms with E-state index in [-0.39, 0.29) is 59.0 Å². The van der Waals surface area contributed by atoms with Gasteiger partial charge in [-0.15, -0.1) is 0 Å². The fourth-order valence-corrected chi connectivity index (χ4v) is 12.3. The van der Waals surface area contributed by atoms with E-state index in [0.717, 1.165) is 86.0 Å². The number of carbonyl (C=O) groups excluding carboxylic acids is 2. The van der Waals surface area contributed by atoms with Crippen LogP contribution in [-0.4, -0.2) is 84.0 Å². The summed E-state index contributed by atoms with van der Waals surface area (Å²) >= 11 is 16.3. The largest absolute Gasteiger partial charge is 0.506 e. The third-order valence-electron chi connectivity index (χ3n) is 16.7. The molecule has 109 heavy (non-hydrogen) atoms. The van der Waals surface area contributed by atoms with Gasteiger partial charge >= 0.3 is 36.3 Å². The third kappa shape index (κ3) is 22.3. The standard InChI is InChI=1S/C19H16N2O3.C14H10BrNO2.C11H18BNO3.C8H5BrO2.C7H7Br.C7H6N4O.C6H4BrNO3.C6H6BrNO/c1-12-18(13(2)24-20-12)15-8-9-17-16(10-15)21(19(22)23-17)11-14-6-4-3-5-7-14;15-11-6-7-13-12(8-11)16(14(17)18-13)9-10-4-2-1-3-5-10;1-7-9(8(2)14-13-7)12-15-10(3,4)11(5,6)16-12;9-6-1-2-7-5(3-6)4-8(10)11-7;8-6-7-4-2-1-3-5-7;12-7(10-3-1-8-5-10)11-4-2-9-6-11;7-4-1-2-6(9)5(3-4)8(10)11;7-4-1-2-6(9)5(8)3-4/h3-10H,11H2,1-2H3;1-8H,9H2;1-6H3;1-3H,4H2;1-5H,6H2;1-6H;1-3,9H;1-3,9H,8H2. The summed E-state index contributed by atoms with van der Waals surface area (Å²) in [7, 11) is -0.378. The number of fused-ring (bicyclic) bond motifs is 3. The van der Waals surface area contributed by atoms with Gasteiger partial charge in [0.15, 0.2) is 16.9 Å². The number of nitrogen functional groups attached to an aromatic ring is 1. The Morgan fingerprint density at radius 3 is 1.51 bits per heavy atom. The molecule has 562 valence electrons. The van der Waals surface area contributed by atoms with Crippen LogP contribution in [0.5, 0.6) is 17.2 Å². The van der Waals surface area contributed by atoms with Gasteiger partial charge in [0.25, 0.3) is 0 Å². The number of halogens is 5. The number of aromatic nitrogens is 8. The van der Waals surface area contributed by atoms with Crippen molar-refractivity contribution < 1.29 is 56.7 Å². The molecule has 6 aromatic heterocycles. The van der Waals surface area contributed by atoms with Crippen molar-refractivity contribution in [3.05, 3.63) is 314 Å². The summed E-state index contributed by atoms with van der Waals surface area (Å²) in [6, 6.07) is 55.5. The summed E-state index contributed by atoms with van der Waals surface area (Å²) in [4.78, 5) is 63.3. The molecular weight excluding hydrogens is 1730 g/mol. The summed E-state index contributed by atoms with van der Waals surface area (Å²) in [6.45, 7) is 16.7. The van der Waals surface area contributed by atoms with Gasteiger partial charge in [0.1, 0.15) is 35.7 Å². The maximum atomic E-state index is 12.2. The van der Waals surface area contributed by atoms with E-state index < -0.39 is 4.92 Å². The van der Waals surface area contributed by atoms with Gasteiger partial charge in [-0.3, -0.25) is 33.2 Å². The lowest BCUT2D eigenvalue weighted by Crippen LogP contribution is -2.41. The number of esters is 1. The van der Waals surface area contributed by atoms with E-state index in [1.54, 1.807) is 64.3 Å². The molecule has 0 bridgehead atoms. The van der Waals surface area contributed by atoms with Crippen LogP contribution in [0.25, 0.3) is 33.3 Å². The molecule has 14 aromatic rings. The number of imidazole rings is 2. The Bertz CT molecular complexity index is 5430. The highest BCUT2D eigenvalue weighted by molar-refractivity contribution is 9.11. The van der Waals surface area contributed by atoms with Gasteiger partial charge in [0, 0.05) is 70.7 Å². The maximum absolute atomic E-state index is 12.2. The third-order valence-corrected chi connectivity index (χ3v) is 19.3. The zero-order valence-electron chi connectivity index (χ0n) is 59.9. The Labute approximate surface area is 667 Å². The van der Waals surface area contributed by atoms with Crippen molar-refractivity contribution in [3.8, 4) is 28.4 Å². The lowest BCUT2D eigenvalue weighted by molar-refractivity contribution is -0.385. The Kier molecular flexibility index (Phi) is 28.8. The average molecular weight is 1800 g/mol. The number of carbonyl (C=O) groups is 2. The molecule has 8 aromatic carbocycles. The lowest BCUT2D eigenvalue weighted by atomic mass is 9.77. The lowest BCUT2D eigenvalue weighted by Gasteiger charge is -2.32. The van der Waals surface area contributed by atoms with Crippen LogP contribution in [0.1, 0.15) is 72.9 Å². The minimum Gasteiger partial charge on any atom is -0.506 e. The molecular formula is C78H72BBr5N10O15. The molecule has 0 radical (unpaired) electrons. The zero-order valence-corrected chi connectivity index (χ0v) is 67.8. The Balaban J connectivity index is 0.000000147. The van der Waals surface area contributed by atoms with Crippen molar-refractivity contribution >= 4 is 138 Å². The number of hydrogen-bond acceptors (Lipinski definition) is 20. The SMILES string of the molecule is BrCc1ccccc1.Cc1noc(C)c1-c1ccc2oc(=O)n(Cc3ccccc3)c2c1.Cc1noc(C)c1B1OC(C)(C)C(C)(C)O1.Nc1cc(Br)ccc1O.O=C(n1ccnc1)n1ccnc1.O=C1Cc2cc(Br)ccc2O1.O=[N+]([O-])c1cc(Br)ccc1O.O=c1oc2ccc(Br)cc2n1Cc1ccccc1. The molecule has 0 unspecified atom stereocenters. The number of aryl methyl sites for hydroxylation is 4. The van der Waals surface area contributed by atoms with Gasteiger partial charge in [-0.1, -0.05) is 187 Å². The second-order valence-corrected chi connectivity index (χ2v) is 29.3. The number of aromatic hydroxyl groups is 2. The first kappa shape index (κ1) is 82.5. The van der Waals surface area contributed by atoms with Gasteiger partial charge in [0.05, 0.1) is 63.7 Å². The minimum absolute atomic E-state index is 0.123. The molecule has 1 saturated heterocycles. The Morgan fingerprint density at radius 1 is 0.587 bits per heavy atom. The molecule has 2 aliphatic heterocycles. The highest BCUT2D eigenvalue weighted by Crippen LogP contribution is 2.38. The number of ether oxygens (including phenoxy) is 1. The highest BCUT2D eigenvalue weighted by Gasteiger charge is 2.53. The minimum atomic E-state index is -0.639. The van der Waals surface area contributed by atoms with E-state index in [9.17, 15) is 29.3 Å². The van der Waals surface area contributed by atoms with Crippen molar-refractivity contribution in [2.45, 2.75) is 91.4 Å². The molecule has 1 fully saturated rings. The van der Waals surface area contributed by atoms with Gasteiger partial charge in [-0.2, -0.15) is 0 Å². The van der Waals surface area contributed by atoms with E-state index in [2.05, 4.69) is 112 Å². The first-order chi connectivity index (χ1) is 52.0. The number of nitro groups is 1. The predicted octanol–water partition coefficient (Wildman–Crippen LogP) is 17.8. The number of alkyl halides is 1. The second-order valence-electron chi connectivity index (χ2n) is 25.0. The van der Waals surface area contributed by atoms with Crippen molar-refractivity contribution in [1.82, 2.24) is 38.5 Å². The van der Waals surface area contributed by atoms with Crippen molar-refractivity contribution in [1.29, 1.82) is 0 Å². The number of nitrogens with zero attached hydrogens (tertiary/aromatic N) is 9. The van der Waals surface area contributed by atoms with Crippen LogP contribution >= 0.6 is 79.6 Å². The molecule has 16 rings (SSSR count). The van der Waals surface area contributed by atoms with Gasteiger partial charge in [-0.25, -0.2) is 24.4 Å². The number of hydrogen-bond donors (Lipinski definition) is 3. The summed E-state index contributed by atoms with van der Waals surface area (Å²) in [6.07, 6.45) is 9.56. The van der Waals surface area contributed by atoms with Crippen LogP contribution in [0.15, 0.2) is 265 Å². The highest BCUT2D eigenvalue weighted by atomic mass is 79.9. The molecule has 25 nitrogen and oxygen atoms in total. The van der Waals surface area contributed by atoms with E-state index in [0.29, 0.717) is 46.6 Å². The number of oxazole rings is 2. The Morgan fingerprint density at radius 2 is 1.06 bits per heavy atom. The molecule has 0 aliphatic carbocycles.